The van der Waals surface area contributed by atoms with Crippen molar-refractivity contribution in [1.29, 1.82) is 0 Å². The van der Waals surface area contributed by atoms with Crippen LogP contribution in [-0.2, 0) is 16.0 Å². The lowest BCUT2D eigenvalue weighted by molar-refractivity contribution is -0.129. The zero-order chi connectivity index (χ0) is 19.4. The third-order valence-corrected chi connectivity index (χ3v) is 5.37. The standard InChI is InChI=1S/C22H29N3O2/c1-16(26)6-7-17-8-9-21-20(13-17)18(15-23-21)14-19-5-4-11-25(19)12-10-22(27)24(2)3/h6-9,13,15,19,23H,4-5,10-12,14H2,1-3H3/t19-/m1/s1. The van der Waals surface area contributed by atoms with Gasteiger partial charge in [-0.15, -0.1) is 0 Å². The summed E-state index contributed by atoms with van der Waals surface area (Å²) in [4.78, 5) is 30.6. The van der Waals surface area contributed by atoms with Crippen molar-refractivity contribution in [1.82, 2.24) is 14.8 Å². The van der Waals surface area contributed by atoms with Crippen LogP contribution in [0.2, 0.25) is 0 Å². The zero-order valence-corrected chi connectivity index (χ0v) is 16.5. The molecule has 1 aliphatic heterocycles. The number of carbonyl (C=O) groups is 2. The van der Waals surface area contributed by atoms with Crippen LogP contribution in [0.25, 0.3) is 17.0 Å². The number of benzene rings is 1. The fraction of sp³-hybridized carbons (Fsp3) is 0.455. The second-order valence-corrected chi connectivity index (χ2v) is 7.64. The number of carbonyl (C=O) groups excluding carboxylic acids is 2. The van der Waals surface area contributed by atoms with Gasteiger partial charge in [-0.3, -0.25) is 14.5 Å². The van der Waals surface area contributed by atoms with Crippen LogP contribution in [0.5, 0.6) is 0 Å². The largest absolute Gasteiger partial charge is 0.361 e. The van der Waals surface area contributed by atoms with E-state index in [1.807, 2.05) is 26.2 Å². The molecule has 1 N–H and O–H groups in total. The minimum absolute atomic E-state index is 0.0539. The number of hydrogen-bond donors (Lipinski definition) is 1. The Hall–Kier alpha value is -2.40. The van der Waals surface area contributed by atoms with E-state index in [0.29, 0.717) is 12.5 Å². The van der Waals surface area contributed by atoms with Gasteiger partial charge in [0.05, 0.1) is 0 Å². The van der Waals surface area contributed by atoms with Crippen LogP contribution in [0.15, 0.2) is 30.5 Å². The summed E-state index contributed by atoms with van der Waals surface area (Å²) in [5.74, 6) is 0.243. The van der Waals surface area contributed by atoms with Crippen molar-refractivity contribution in [2.24, 2.45) is 0 Å². The maximum absolute atomic E-state index is 11.9. The van der Waals surface area contributed by atoms with Crippen molar-refractivity contribution >= 4 is 28.7 Å². The van der Waals surface area contributed by atoms with E-state index in [-0.39, 0.29) is 11.7 Å². The molecule has 1 fully saturated rings. The predicted molar refractivity (Wildman–Crippen MR) is 110 cm³/mol. The highest BCUT2D eigenvalue weighted by atomic mass is 16.2. The third kappa shape index (κ3) is 4.86. The van der Waals surface area contributed by atoms with Gasteiger partial charge in [-0.25, -0.2) is 0 Å². The molecule has 1 atom stereocenters. The topological polar surface area (TPSA) is 56.4 Å². The van der Waals surface area contributed by atoms with Crippen LogP contribution in [0.1, 0.15) is 37.3 Å². The number of nitrogens with zero attached hydrogens (tertiary/aromatic N) is 2. The number of rotatable bonds is 7. The van der Waals surface area contributed by atoms with Gasteiger partial charge in [0.25, 0.3) is 0 Å². The zero-order valence-electron chi connectivity index (χ0n) is 16.5. The maximum atomic E-state index is 11.9. The van der Waals surface area contributed by atoms with Gasteiger partial charge >= 0.3 is 0 Å². The lowest BCUT2D eigenvalue weighted by Crippen LogP contribution is -2.35. The van der Waals surface area contributed by atoms with Crippen molar-refractivity contribution < 1.29 is 9.59 Å². The SMILES string of the molecule is CC(=O)C=Cc1ccc2[nH]cc(C[C@H]3CCCN3CCC(=O)N(C)C)c2c1. The lowest BCUT2D eigenvalue weighted by Gasteiger charge is -2.24. The first kappa shape index (κ1) is 19.4. The second kappa shape index (κ2) is 8.53. The van der Waals surface area contributed by atoms with Gasteiger partial charge < -0.3 is 9.88 Å². The van der Waals surface area contributed by atoms with E-state index >= 15 is 0 Å². The molecule has 0 spiro atoms. The van der Waals surface area contributed by atoms with E-state index in [1.165, 1.54) is 23.8 Å². The summed E-state index contributed by atoms with van der Waals surface area (Å²) in [6.45, 7) is 3.46. The summed E-state index contributed by atoms with van der Waals surface area (Å²) >= 11 is 0. The Morgan fingerprint density at radius 3 is 2.89 bits per heavy atom. The summed E-state index contributed by atoms with van der Waals surface area (Å²) in [6.07, 6.45) is 9.50. The summed E-state index contributed by atoms with van der Waals surface area (Å²) in [5.41, 5.74) is 3.47. The molecule has 2 heterocycles. The summed E-state index contributed by atoms with van der Waals surface area (Å²) in [6, 6.07) is 6.72. The Morgan fingerprint density at radius 1 is 1.33 bits per heavy atom. The van der Waals surface area contributed by atoms with Gasteiger partial charge in [0.15, 0.2) is 5.78 Å². The number of hydrogen-bond acceptors (Lipinski definition) is 3. The minimum atomic E-state index is 0.0539. The highest BCUT2D eigenvalue weighted by molar-refractivity contribution is 5.93. The number of likely N-dealkylation sites (tertiary alicyclic amines) is 1. The fourth-order valence-corrected chi connectivity index (χ4v) is 3.82. The quantitative estimate of drug-likeness (QED) is 0.764. The molecule has 3 rings (SSSR count). The Kier molecular flexibility index (Phi) is 6.11. The van der Waals surface area contributed by atoms with Crippen LogP contribution < -0.4 is 0 Å². The lowest BCUT2D eigenvalue weighted by atomic mass is 10.0. The van der Waals surface area contributed by atoms with Crippen LogP contribution in [-0.4, -0.2) is 59.7 Å². The first-order chi connectivity index (χ1) is 12.9. The average molecular weight is 367 g/mol. The van der Waals surface area contributed by atoms with Gasteiger partial charge in [0, 0.05) is 50.2 Å². The molecule has 0 aliphatic carbocycles. The molecule has 1 aromatic heterocycles. The van der Waals surface area contributed by atoms with Crippen LogP contribution in [0, 0.1) is 0 Å². The van der Waals surface area contributed by atoms with Crippen LogP contribution in [0.3, 0.4) is 0 Å². The van der Waals surface area contributed by atoms with Gasteiger partial charge in [0.2, 0.25) is 5.91 Å². The van der Waals surface area contributed by atoms with Gasteiger partial charge in [-0.1, -0.05) is 12.1 Å². The van der Waals surface area contributed by atoms with Crippen molar-refractivity contribution in [2.45, 2.75) is 38.6 Å². The molecule has 5 nitrogen and oxygen atoms in total. The van der Waals surface area contributed by atoms with Crippen LogP contribution in [0.4, 0.5) is 0 Å². The summed E-state index contributed by atoms with van der Waals surface area (Å²) in [7, 11) is 3.63. The first-order valence-electron chi connectivity index (χ1n) is 9.67. The monoisotopic (exact) mass is 367 g/mol. The molecule has 0 saturated carbocycles. The third-order valence-electron chi connectivity index (χ3n) is 5.37. The van der Waals surface area contributed by atoms with Crippen molar-refractivity contribution in [3.05, 3.63) is 41.6 Å². The molecule has 144 valence electrons. The number of fused-ring (bicyclic) bond motifs is 1. The van der Waals surface area contributed by atoms with Crippen LogP contribution >= 0.6 is 0 Å². The Morgan fingerprint density at radius 2 is 2.15 bits per heavy atom. The number of nitrogens with one attached hydrogen (secondary N) is 1. The highest BCUT2D eigenvalue weighted by Gasteiger charge is 2.26. The van der Waals surface area contributed by atoms with Crippen molar-refractivity contribution in [2.75, 3.05) is 27.2 Å². The number of aromatic amines is 1. The van der Waals surface area contributed by atoms with E-state index in [4.69, 9.17) is 0 Å². The van der Waals surface area contributed by atoms with E-state index in [9.17, 15) is 9.59 Å². The fourth-order valence-electron chi connectivity index (χ4n) is 3.82. The molecule has 0 radical (unpaired) electrons. The minimum Gasteiger partial charge on any atom is -0.361 e. The molecule has 1 amide bonds. The number of ketones is 1. The number of H-pyrrole nitrogens is 1. The Balaban J connectivity index is 1.72. The molecule has 2 aromatic rings. The number of allylic oxidation sites excluding steroid dienone is 1. The molecule has 0 unspecified atom stereocenters. The normalized spacial score (nSPS) is 17.8. The summed E-state index contributed by atoms with van der Waals surface area (Å²) < 4.78 is 0. The maximum Gasteiger partial charge on any atom is 0.223 e. The molecular weight excluding hydrogens is 338 g/mol. The molecule has 0 bridgehead atoms. The summed E-state index contributed by atoms with van der Waals surface area (Å²) in [5, 5.41) is 1.22. The van der Waals surface area contributed by atoms with Gasteiger partial charge in [0.1, 0.15) is 0 Å². The van der Waals surface area contributed by atoms with E-state index in [2.05, 4.69) is 28.2 Å². The van der Waals surface area contributed by atoms with Crippen molar-refractivity contribution in [3.63, 3.8) is 0 Å². The number of aromatic nitrogens is 1. The first-order valence-corrected chi connectivity index (χ1v) is 9.67. The van der Waals surface area contributed by atoms with Gasteiger partial charge in [-0.2, -0.15) is 0 Å². The van der Waals surface area contributed by atoms with Gasteiger partial charge in [-0.05, 0) is 62.1 Å². The van der Waals surface area contributed by atoms with E-state index in [0.717, 1.165) is 30.6 Å². The van der Waals surface area contributed by atoms with E-state index < -0.39 is 0 Å². The predicted octanol–water partition coefficient (Wildman–Crippen LogP) is 3.26. The molecule has 1 aromatic carbocycles. The average Bonchev–Trinajstić information content (AvgIpc) is 3.25. The highest BCUT2D eigenvalue weighted by Crippen LogP contribution is 2.27. The molecule has 5 heteroatoms. The molecule has 1 aliphatic rings. The molecule has 27 heavy (non-hydrogen) atoms. The molecule has 1 saturated heterocycles. The van der Waals surface area contributed by atoms with Crippen molar-refractivity contribution in [3.8, 4) is 0 Å². The number of amides is 1. The smallest absolute Gasteiger partial charge is 0.223 e. The van der Waals surface area contributed by atoms with E-state index in [1.54, 1.807) is 17.9 Å². The second-order valence-electron chi connectivity index (χ2n) is 7.64. The Labute approximate surface area is 161 Å². The Bertz CT molecular complexity index is 850. The molecular formula is C22H29N3O2.